The third kappa shape index (κ3) is 3.97. The Kier molecular flexibility index (Phi) is 5.01. The van der Waals surface area contributed by atoms with Crippen molar-refractivity contribution >= 4 is 11.7 Å². The summed E-state index contributed by atoms with van der Waals surface area (Å²) in [7, 11) is 3.45. The van der Waals surface area contributed by atoms with Crippen molar-refractivity contribution in [1.29, 1.82) is 0 Å². The number of rotatable bonds is 7. The molecule has 1 aliphatic carbocycles. The van der Waals surface area contributed by atoms with Crippen LogP contribution in [0.1, 0.15) is 25.3 Å². The van der Waals surface area contributed by atoms with Crippen LogP contribution in [0.4, 0.5) is 5.69 Å². The molecular weight excluding hydrogens is 252 g/mol. The summed E-state index contributed by atoms with van der Waals surface area (Å²) in [6, 6.07) is 8.69. The molecule has 20 heavy (non-hydrogen) atoms. The van der Waals surface area contributed by atoms with Gasteiger partial charge in [0.2, 0.25) is 0 Å². The smallest absolute Gasteiger partial charge is 0.324 e. The van der Waals surface area contributed by atoms with E-state index in [1.165, 1.54) is 12.7 Å². The summed E-state index contributed by atoms with van der Waals surface area (Å²) < 4.78 is 4.89. The number of likely N-dealkylation sites (N-methyl/N-ethyl adjacent to an activating group) is 1. The van der Waals surface area contributed by atoms with Crippen molar-refractivity contribution in [3.05, 3.63) is 29.8 Å². The van der Waals surface area contributed by atoms with Gasteiger partial charge >= 0.3 is 5.97 Å². The summed E-state index contributed by atoms with van der Waals surface area (Å²) in [4.78, 5) is 13.9. The van der Waals surface area contributed by atoms with E-state index in [2.05, 4.69) is 41.4 Å². The Hall–Kier alpha value is -1.55. The molecular formula is C16H24N2O2. The molecule has 1 aromatic rings. The fourth-order valence-corrected chi connectivity index (χ4v) is 2.24. The summed E-state index contributed by atoms with van der Waals surface area (Å²) in [5, 5.41) is 3.35. The second-order valence-corrected chi connectivity index (χ2v) is 5.42. The quantitative estimate of drug-likeness (QED) is 0.773. The van der Waals surface area contributed by atoms with Crippen molar-refractivity contribution in [3.8, 4) is 0 Å². The first kappa shape index (κ1) is 14.9. The topological polar surface area (TPSA) is 41.6 Å². The first-order valence-electron chi connectivity index (χ1n) is 7.28. The van der Waals surface area contributed by atoms with Crippen LogP contribution in [-0.4, -0.2) is 38.8 Å². The Labute approximate surface area is 121 Å². The number of methoxy groups -OCH3 is 1. The van der Waals surface area contributed by atoms with Crippen molar-refractivity contribution in [2.45, 2.75) is 38.3 Å². The molecule has 0 aliphatic heterocycles. The van der Waals surface area contributed by atoms with Crippen LogP contribution in [0.25, 0.3) is 0 Å². The van der Waals surface area contributed by atoms with E-state index in [9.17, 15) is 4.79 Å². The van der Waals surface area contributed by atoms with E-state index < -0.39 is 0 Å². The van der Waals surface area contributed by atoms with E-state index in [4.69, 9.17) is 4.74 Å². The number of ether oxygens (including phenoxy) is 1. The van der Waals surface area contributed by atoms with Gasteiger partial charge in [0.05, 0.1) is 7.11 Å². The van der Waals surface area contributed by atoms with Crippen LogP contribution in [-0.2, 0) is 16.0 Å². The second kappa shape index (κ2) is 6.75. The number of benzene rings is 1. The molecule has 0 aromatic heterocycles. The largest absolute Gasteiger partial charge is 0.468 e. The van der Waals surface area contributed by atoms with Gasteiger partial charge in [0, 0.05) is 25.3 Å². The number of nitrogens with one attached hydrogen (secondary N) is 1. The minimum atomic E-state index is -0.261. The Balaban J connectivity index is 1.98. The van der Waals surface area contributed by atoms with Gasteiger partial charge in [0.15, 0.2) is 0 Å². The van der Waals surface area contributed by atoms with Gasteiger partial charge in [-0.05, 0) is 37.0 Å². The summed E-state index contributed by atoms with van der Waals surface area (Å²) in [6.07, 6.45) is 3.35. The maximum Gasteiger partial charge on any atom is 0.324 e. The average molecular weight is 276 g/mol. The fourth-order valence-electron chi connectivity index (χ4n) is 2.24. The van der Waals surface area contributed by atoms with Crippen molar-refractivity contribution in [2.24, 2.45) is 0 Å². The lowest BCUT2D eigenvalue weighted by atomic mass is 10.1. The number of esters is 1. The molecule has 0 amide bonds. The molecule has 1 aromatic carbocycles. The van der Waals surface area contributed by atoms with Crippen LogP contribution in [0, 0.1) is 0 Å². The number of hydrogen-bond acceptors (Lipinski definition) is 4. The molecule has 0 heterocycles. The zero-order valence-corrected chi connectivity index (χ0v) is 12.6. The van der Waals surface area contributed by atoms with Gasteiger partial charge in [-0.15, -0.1) is 0 Å². The summed E-state index contributed by atoms with van der Waals surface area (Å²) in [5.74, 6) is -0.186. The number of nitrogens with zero attached hydrogens (tertiary/aromatic N) is 1. The van der Waals surface area contributed by atoms with Crippen LogP contribution >= 0.6 is 0 Å². The lowest BCUT2D eigenvalue weighted by Gasteiger charge is -2.25. The normalized spacial score (nSPS) is 15.8. The lowest BCUT2D eigenvalue weighted by molar-refractivity contribution is -0.142. The summed E-state index contributed by atoms with van der Waals surface area (Å²) in [6.45, 7) is 2.76. The maximum atomic E-state index is 11.8. The molecule has 1 saturated carbocycles. The molecule has 2 rings (SSSR count). The first-order chi connectivity index (χ1) is 9.63. The Bertz CT molecular complexity index is 440. The maximum absolute atomic E-state index is 11.8. The van der Waals surface area contributed by atoms with Crippen LogP contribution in [0.5, 0.6) is 0 Å². The molecule has 0 spiro atoms. The Morgan fingerprint density at radius 1 is 1.40 bits per heavy atom. The highest BCUT2D eigenvalue weighted by atomic mass is 16.5. The van der Waals surface area contributed by atoms with Gasteiger partial charge in [0.25, 0.3) is 0 Å². The van der Waals surface area contributed by atoms with E-state index >= 15 is 0 Å². The van der Waals surface area contributed by atoms with Crippen LogP contribution in [0.3, 0.4) is 0 Å². The molecule has 1 N–H and O–H groups in total. The van der Waals surface area contributed by atoms with Gasteiger partial charge < -0.3 is 15.0 Å². The predicted molar refractivity (Wildman–Crippen MR) is 81.1 cm³/mol. The number of carbonyl (C=O) groups is 1. The monoisotopic (exact) mass is 276 g/mol. The Morgan fingerprint density at radius 3 is 2.55 bits per heavy atom. The van der Waals surface area contributed by atoms with Gasteiger partial charge in [-0.1, -0.05) is 19.1 Å². The minimum absolute atomic E-state index is 0.186. The zero-order chi connectivity index (χ0) is 14.5. The summed E-state index contributed by atoms with van der Waals surface area (Å²) in [5.41, 5.74) is 2.44. The van der Waals surface area contributed by atoms with Gasteiger partial charge in [-0.2, -0.15) is 0 Å². The molecule has 4 heteroatoms. The van der Waals surface area contributed by atoms with Crippen LogP contribution < -0.4 is 10.2 Å². The van der Waals surface area contributed by atoms with E-state index in [-0.39, 0.29) is 12.0 Å². The number of hydrogen-bond donors (Lipinski definition) is 1. The second-order valence-electron chi connectivity index (χ2n) is 5.42. The van der Waals surface area contributed by atoms with Gasteiger partial charge in [0.1, 0.15) is 6.04 Å². The average Bonchev–Trinajstić information content (AvgIpc) is 3.29. The lowest BCUT2D eigenvalue weighted by Crippen LogP contribution is -2.46. The molecule has 110 valence electrons. The number of carbonyl (C=O) groups excluding carboxylic acids is 1. The molecule has 1 atom stereocenters. The van der Waals surface area contributed by atoms with E-state index in [0.29, 0.717) is 12.6 Å². The van der Waals surface area contributed by atoms with Crippen molar-refractivity contribution in [3.63, 3.8) is 0 Å². The minimum Gasteiger partial charge on any atom is -0.468 e. The fraction of sp³-hybridized carbons (Fsp3) is 0.562. The highest BCUT2D eigenvalue weighted by Crippen LogP contribution is 2.20. The number of anilines is 1. The SMILES string of the molecule is CCc1ccc(N(C)CC(NC2CC2)C(=O)OC)cc1. The third-order valence-electron chi connectivity index (χ3n) is 3.74. The van der Waals surface area contributed by atoms with Gasteiger partial charge in [-0.25, -0.2) is 0 Å². The molecule has 4 nitrogen and oxygen atoms in total. The van der Waals surface area contributed by atoms with Crippen LogP contribution in [0.2, 0.25) is 0 Å². The molecule has 0 bridgehead atoms. The highest BCUT2D eigenvalue weighted by Gasteiger charge is 2.29. The Morgan fingerprint density at radius 2 is 2.05 bits per heavy atom. The van der Waals surface area contributed by atoms with Crippen LogP contribution in [0.15, 0.2) is 24.3 Å². The van der Waals surface area contributed by atoms with E-state index in [1.54, 1.807) is 0 Å². The molecule has 1 unspecified atom stereocenters. The summed E-state index contributed by atoms with van der Waals surface area (Å²) >= 11 is 0. The van der Waals surface area contributed by atoms with E-state index in [1.807, 2.05) is 7.05 Å². The molecule has 1 aliphatic rings. The molecule has 1 fully saturated rings. The standard InChI is InChI=1S/C16H24N2O2/c1-4-12-5-9-14(10-6-12)18(2)11-15(16(19)20-3)17-13-7-8-13/h5-6,9-10,13,15,17H,4,7-8,11H2,1-3H3. The third-order valence-corrected chi connectivity index (χ3v) is 3.74. The van der Waals surface area contributed by atoms with Crippen molar-refractivity contribution in [1.82, 2.24) is 5.32 Å². The van der Waals surface area contributed by atoms with E-state index in [0.717, 1.165) is 24.9 Å². The first-order valence-corrected chi connectivity index (χ1v) is 7.28. The predicted octanol–water partition coefficient (Wildman–Crippen LogP) is 1.98. The highest BCUT2D eigenvalue weighted by molar-refractivity contribution is 5.76. The zero-order valence-electron chi connectivity index (χ0n) is 12.6. The number of aryl methyl sites for hydroxylation is 1. The van der Waals surface area contributed by atoms with Crippen molar-refractivity contribution < 1.29 is 9.53 Å². The van der Waals surface area contributed by atoms with Gasteiger partial charge in [-0.3, -0.25) is 4.79 Å². The molecule has 0 radical (unpaired) electrons. The molecule has 0 saturated heterocycles. The van der Waals surface area contributed by atoms with Crippen molar-refractivity contribution in [2.75, 3.05) is 25.6 Å².